The van der Waals surface area contributed by atoms with Gasteiger partial charge in [0, 0.05) is 24.5 Å². The fourth-order valence-electron chi connectivity index (χ4n) is 3.05. The van der Waals surface area contributed by atoms with E-state index in [-0.39, 0.29) is 0 Å². The van der Waals surface area contributed by atoms with Crippen LogP contribution < -0.4 is 5.32 Å². The van der Waals surface area contributed by atoms with E-state index in [1.165, 1.54) is 11.1 Å². The number of rotatable bonds is 4. The fourth-order valence-corrected chi connectivity index (χ4v) is 3.05. The van der Waals surface area contributed by atoms with Crippen molar-refractivity contribution in [3.8, 4) is 0 Å². The van der Waals surface area contributed by atoms with E-state index in [2.05, 4.69) is 35.5 Å². The van der Waals surface area contributed by atoms with Crippen LogP contribution in [0.1, 0.15) is 30.5 Å². The summed E-state index contributed by atoms with van der Waals surface area (Å²) >= 11 is 0. The highest BCUT2D eigenvalue weighted by molar-refractivity contribution is 5.83. The Balaban J connectivity index is 1.93. The van der Waals surface area contributed by atoms with Gasteiger partial charge in [0.05, 0.1) is 5.41 Å². The molecule has 0 unspecified atom stereocenters. The number of carboxylic acids is 1. The topological polar surface area (TPSA) is 52.6 Å². The van der Waals surface area contributed by atoms with Crippen molar-refractivity contribution < 1.29 is 9.90 Å². The zero-order valence-corrected chi connectivity index (χ0v) is 13.8. The molecule has 0 radical (unpaired) electrons. The molecule has 23 heavy (non-hydrogen) atoms. The molecule has 3 rings (SSSR count). The minimum Gasteiger partial charge on any atom is -0.481 e. The highest BCUT2D eigenvalue weighted by atomic mass is 16.4. The van der Waals surface area contributed by atoms with Gasteiger partial charge in [-0.25, -0.2) is 0 Å². The summed E-state index contributed by atoms with van der Waals surface area (Å²) in [6.45, 7) is 5.40. The normalized spacial score (nSPS) is 14.6. The van der Waals surface area contributed by atoms with Gasteiger partial charge in [0.25, 0.3) is 0 Å². The Bertz CT molecular complexity index is 753. The summed E-state index contributed by atoms with van der Waals surface area (Å²) in [5.74, 6) is -0.831. The third-order valence-corrected chi connectivity index (χ3v) is 4.50. The molecule has 4 nitrogen and oxygen atoms in total. The molecule has 0 aromatic heterocycles. The summed E-state index contributed by atoms with van der Waals surface area (Å²) in [5, 5.41) is 12.9. The number of aliphatic carboxylic acids is 1. The Morgan fingerprint density at radius 1 is 1.13 bits per heavy atom. The number of para-hydroxylation sites is 1. The van der Waals surface area contributed by atoms with Gasteiger partial charge in [0.1, 0.15) is 0 Å². The lowest BCUT2D eigenvalue weighted by Crippen LogP contribution is -2.29. The Kier molecular flexibility index (Phi) is 3.86. The second-order valence-electron chi connectivity index (χ2n) is 6.76. The average molecular weight is 310 g/mol. The van der Waals surface area contributed by atoms with E-state index in [4.69, 9.17) is 0 Å². The molecule has 1 aliphatic heterocycles. The van der Waals surface area contributed by atoms with Crippen molar-refractivity contribution in [3.05, 3.63) is 59.2 Å². The molecule has 120 valence electrons. The van der Waals surface area contributed by atoms with Crippen LogP contribution in [0.3, 0.4) is 0 Å². The van der Waals surface area contributed by atoms with E-state index in [0.29, 0.717) is 0 Å². The van der Waals surface area contributed by atoms with Crippen LogP contribution in [0.5, 0.6) is 0 Å². The average Bonchev–Trinajstić information content (AvgIpc) is 2.87. The third kappa shape index (κ3) is 2.94. The zero-order valence-electron chi connectivity index (χ0n) is 13.8. The van der Waals surface area contributed by atoms with E-state index >= 15 is 0 Å². The molecule has 1 aliphatic rings. The van der Waals surface area contributed by atoms with Crippen molar-refractivity contribution in [1.29, 1.82) is 0 Å². The summed E-state index contributed by atoms with van der Waals surface area (Å²) in [6.07, 6.45) is 0. The van der Waals surface area contributed by atoms with Crippen LogP contribution in [-0.4, -0.2) is 23.0 Å². The van der Waals surface area contributed by atoms with Gasteiger partial charge in [-0.2, -0.15) is 0 Å². The second-order valence-corrected chi connectivity index (χ2v) is 6.76. The van der Waals surface area contributed by atoms with Crippen molar-refractivity contribution >= 4 is 17.3 Å². The van der Waals surface area contributed by atoms with Crippen LogP contribution in [0.15, 0.2) is 42.5 Å². The largest absolute Gasteiger partial charge is 0.481 e. The van der Waals surface area contributed by atoms with Gasteiger partial charge in [-0.3, -0.25) is 9.69 Å². The number of benzene rings is 2. The predicted molar refractivity (Wildman–Crippen MR) is 92.0 cm³/mol. The van der Waals surface area contributed by atoms with Crippen LogP contribution in [0, 0.1) is 0 Å². The number of hydrogen-bond acceptors (Lipinski definition) is 3. The first kappa shape index (κ1) is 15.6. The van der Waals surface area contributed by atoms with Gasteiger partial charge >= 0.3 is 5.97 Å². The smallest absolute Gasteiger partial charge is 0.313 e. The SMILES string of the molecule is CN1Cc2ccc(Nc3ccccc3C(C)(C)C(=O)O)cc2C1. The summed E-state index contributed by atoms with van der Waals surface area (Å²) in [7, 11) is 2.11. The third-order valence-electron chi connectivity index (χ3n) is 4.50. The predicted octanol–water partition coefficient (Wildman–Crippen LogP) is 3.74. The Labute approximate surface area is 136 Å². The molecule has 0 bridgehead atoms. The molecule has 0 atom stereocenters. The van der Waals surface area contributed by atoms with E-state index in [0.717, 1.165) is 30.0 Å². The van der Waals surface area contributed by atoms with E-state index in [9.17, 15) is 9.90 Å². The first-order valence-electron chi connectivity index (χ1n) is 7.78. The molecule has 2 aromatic carbocycles. The number of anilines is 2. The summed E-state index contributed by atoms with van der Waals surface area (Å²) in [4.78, 5) is 13.9. The number of nitrogens with zero attached hydrogens (tertiary/aromatic N) is 1. The van der Waals surface area contributed by atoms with Gasteiger partial charge in [-0.1, -0.05) is 24.3 Å². The minimum atomic E-state index is -0.944. The molecular weight excluding hydrogens is 288 g/mol. The number of carbonyl (C=O) groups is 1. The van der Waals surface area contributed by atoms with Crippen LogP contribution in [0.25, 0.3) is 0 Å². The number of fused-ring (bicyclic) bond motifs is 1. The molecule has 2 N–H and O–H groups in total. The van der Waals surface area contributed by atoms with Crippen molar-refractivity contribution in [2.45, 2.75) is 32.4 Å². The maximum absolute atomic E-state index is 11.6. The lowest BCUT2D eigenvalue weighted by atomic mass is 9.83. The lowest BCUT2D eigenvalue weighted by molar-refractivity contribution is -0.142. The quantitative estimate of drug-likeness (QED) is 0.903. The zero-order chi connectivity index (χ0) is 16.6. The number of nitrogens with one attached hydrogen (secondary N) is 1. The Morgan fingerprint density at radius 3 is 2.57 bits per heavy atom. The first-order valence-corrected chi connectivity index (χ1v) is 7.78. The molecule has 0 saturated heterocycles. The summed E-state index contributed by atoms with van der Waals surface area (Å²) in [5.41, 5.74) is 4.36. The van der Waals surface area contributed by atoms with Gasteiger partial charge in [-0.15, -0.1) is 0 Å². The maximum Gasteiger partial charge on any atom is 0.313 e. The molecule has 2 aromatic rings. The summed E-state index contributed by atoms with van der Waals surface area (Å²) in [6, 6.07) is 14.0. The number of carboxylic acid groups (broad SMARTS) is 1. The second kappa shape index (κ2) is 5.70. The molecule has 4 heteroatoms. The molecule has 0 saturated carbocycles. The number of hydrogen-bond donors (Lipinski definition) is 2. The molecular formula is C19H22N2O2. The monoisotopic (exact) mass is 310 g/mol. The van der Waals surface area contributed by atoms with Crippen molar-refractivity contribution in [2.24, 2.45) is 0 Å². The maximum atomic E-state index is 11.6. The highest BCUT2D eigenvalue weighted by Crippen LogP contribution is 2.33. The van der Waals surface area contributed by atoms with Crippen molar-refractivity contribution in [3.63, 3.8) is 0 Å². The Hall–Kier alpha value is -2.33. The van der Waals surface area contributed by atoms with E-state index < -0.39 is 11.4 Å². The van der Waals surface area contributed by atoms with E-state index in [1.54, 1.807) is 13.8 Å². The van der Waals surface area contributed by atoms with Gasteiger partial charge < -0.3 is 10.4 Å². The van der Waals surface area contributed by atoms with Crippen molar-refractivity contribution in [1.82, 2.24) is 4.90 Å². The summed E-state index contributed by atoms with van der Waals surface area (Å²) < 4.78 is 0. The lowest BCUT2D eigenvalue weighted by Gasteiger charge is -2.23. The minimum absolute atomic E-state index is 0.783. The molecule has 1 heterocycles. The van der Waals surface area contributed by atoms with Gasteiger partial charge in [0.15, 0.2) is 0 Å². The van der Waals surface area contributed by atoms with Crippen LogP contribution in [-0.2, 0) is 23.3 Å². The van der Waals surface area contributed by atoms with Gasteiger partial charge in [-0.05, 0) is 55.8 Å². The van der Waals surface area contributed by atoms with Crippen LogP contribution in [0.4, 0.5) is 11.4 Å². The molecule has 0 spiro atoms. The first-order chi connectivity index (χ1) is 10.9. The van der Waals surface area contributed by atoms with Gasteiger partial charge in [0.2, 0.25) is 0 Å². The van der Waals surface area contributed by atoms with Crippen LogP contribution in [0.2, 0.25) is 0 Å². The highest BCUT2D eigenvalue weighted by Gasteiger charge is 2.31. The fraction of sp³-hybridized carbons (Fsp3) is 0.316. The molecule has 0 fully saturated rings. The molecule has 0 aliphatic carbocycles. The van der Waals surface area contributed by atoms with E-state index in [1.807, 2.05) is 24.3 Å². The van der Waals surface area contributed by atoms with Crippen molar-refractivity contribution in [2.75, 3.05) is 12.4 Å². The molecule has 0 amide bonds. The van der Waals surface area contributed by atoms with Crippen LogP contribution >= 0.6 is 0 Å². The Morgan fingerprint density at radius 2 is 1.83 bits per heavy atom. The standard InChI is InChI=1S/C19H22N2O2/c1-19(2,18(22)23)16-6-4-5-7-17(16)20-15-9-8-13-11-21(3)12-14(13)10-15/h4-10,20H,11-12H2,1-3H3,(H,22,23).